The summed E-state index contributed by atoms with van der Waals surface area (Å²) in [6.45, 7) is 1.18. The first kappa shape index (κ1) is 17.7. The number of ether oxygens (including phenoxy) is 1. The van der Waals surface area contributed by atoms with Gasteiger partial charge in [-0.15, -0.1) is 0 Å². The minimum absolute atomic E-state index is 0.336. The van der Waals surface area contributed by atoms with Crippen LogP contribution < -0.4 is 17.2 Å². The second-order valence-electron chi connectivity index (χ2n) is 4.37. The third kappa shape index (κ3) is 8.74. The van der Waals surface area contributed by atoms with E-state index in [0.717, 1.165) is 38.6 Å². The molecule has 108 valence electrons. The third-order valence-electron chi connectivity index (χ3n) is 2.69. The summed E-state index contributed by atoms with van der Waals surface area (Å²) in [6.07, 6.45) is 7.20. The molecule has 0 saturated heterocycles. The van der Waals surface area contributed by atoms with E-state index in [4.69, 9.17) is 21.9 Å². The molecule has 6 heteroatoms. The molecule has 0 spiro atoms. The van der Waals surface area contributed by atoms with Crippen molar-refractivity contribution < 1.29 is 9.53 Å². The van der Waals surface area contributed by atoms with Crippen molar-refractivity contribution in [2.24, 2.45) is 17.2 Å². The number of thioether (sulfide) groups is 1. The topological polar surface area (TPSA) is 104 Å². The lowest BCUT2D eigenvalue weighted by Crippen LogP contribution is -2.49. The SMILES string of the molecule is CSCC(N)C(N)C(=O)OCCCCCCCN. The Morgan fingerprint density at radius 2 is 1.78 bits per heavy atom. The summed E-state index contributed by atoms with van der Waals surface area (Å²) in [7, 11) is 0. The number of hydrogen-bond acceptors (Lipinski definition) is 6. The molecule has 0 aliphatic heterocycles. The van der Waals surface area contributed by atoms with E-state index < -0.39 is 12.0 Å². The summed E-state index contributed by atoms with van der Waals surface area (Å²) < 4.78 is 5.10. The van der Waals surface area contributed by atoms with Crippen LogP contribution in [0.2, 0.25) is 0 Å². The van der Waals surface area contributed by atoms with E-state index in [9.17, 15) is 4.79 Å². The van der Waals surface area contributed by atoms with Crippen molar-refractivity contribution in [2.45, 2.75) is 44.2 Å². The lowest BCUT2D eigenvalue weighted by atomic mass is 10.1. The number of rotatable bonds is 11. The first-order chi connectivity index (χ1) is 8.63. The first-order valence-corrected chi connectivity index (χ1v) is 7.89. The number of carbonyl (C=O) groups is 1. The molecular weight excluding hydrogens is 250 g/mol. The van der Waals surface area contributed by atoms with Gasteiger partial charge < -0.3 is 21.9 Å². The summed E-state index contributed by atoms with van der Waals surface area (Å²) in [5.74, 6) is 0.272. The second-order valence-corrected chi connectivity index (χ2v) is 5.28. The van der Waals surface area contributed by atoms with E-state index in [1.54, 1.807) is 11.8 Å². The van der Waals surface area contributed by atoms with Crippen LogP contribution >= 0.6 is 11.8 Å². The second kappa shape index (κ2) is 11.8. The summed E-state index contributed by atoms with van der Waals surface area (Å²) in [4.78, 5) is 11.5. The van der Waals surface area contributed by atoms with Crippen LogP contribution in [0, 0.1) is 0 Å². The highest BCUT2D eigenvalue weighted by atomic mass is 32.2. The Morgan fingerprint density at radius 3 is 2.39 bits per heavy atom. The zero-order chi connectivity index (χ0) is 13.8. The molecule has 18 heavy (non-hydrogen) atoms. The maximum absolute atomic E-state index is 11.5. The van der Waals surface area contributed by atoms with Gasteiger partial charge in [-0.3, -0.25) is 4.79 Å². The molecular formula is C12H27N3O2S. The molecule has 0 radical (unpaired) electrons. The van der Waals surface area contributed by atoms with Crippen LogP contribution in [0.3, 0.4) is 0 Å². The number of nitrogens with two attached hydrogens (primary N) is 3. The van der Waals surface area contributed by atoms with Crippen molar-refractivity contribution in [3.8, 4) is 0 Å². The van der Waals surface area contributed by atoms with E-state index in [-0.39, 0.29) is 6.04 Å². The Labute approximate surface area is 114 Å². The highest BCUT2D eigenvalue weighted by molar-refractivity contribution is 7.98. The standard InChI is InChI=1S/C12H27N3O2S/c1-18-9-10(14)11(15)12(16)17-8-6-4-2-3-5-7-13/h10-11H,2-9,13-15H2,1H3. The zero-order valence-electron chi connectivity index (χ0n) is 11.3. The monoisotopic (exact) mass is 277 g/mol. The number of unbranched alkanes of at least 4 members (excludes halogenated alkanes) is 4. The zero-order valence-corrected chi connectivity index (χ0v) is 12.1. The summed E-state index contributed by atoms with van der Waals surface area (Å²) in [5.41, 5.74) is 16.9. The molecule has 0 bridgehead atoms. The minimum Gasteiger partial charge on any atom is -0.464 e. The molecule has 2 atom stereocenters. The van der Waals surface area contributed by atoms with Crippen LogP contribution in [-0.2, 0) is 9.53 Å². The van der Waals surface area contributed by atoms with Crippen LogP contribution in [0.25, 0.3) is 0 Å². The smallest absolute Gasteiger partial charge is 0.324 e. The molecule has 6 N–H and O–H groups in total. The molecule has 0 aliphatic rings. The quantitative estimate of drug-likeness (QED) is 0.374. The fourth-order valence-electron chi connectivity index (χ4n) is 1.52. The van der Waals surface area contributed by atoms with Gasteiger partial charge in [-0.05, 0) is 25.6 Å². The van der Waals surface area contributed by atoms with Crippen LogP contribution in [0.5, 0.6) is 0 Å². The largest absolute Gasteiger partial charge is 0.464 e. The summed E-state index contributed by atoms with van der Waals surface area (Å²) in [5, 5.41) is 0. The molecule has 0 rings (SSSR count). The van der Waals surface area contributed by atoms with Crippen molar-refractivity contribution in [1.29, 1.82) is 0 Å². The molecule has 0 aromatic heterocycles. The minimum atomic E-state index is -0.713. The lowest BCUT2D eigenvalue weighted by Gasteiger charge is -2.17. The van der Waals surface area contributed by atoms with Gasteiger partial charge in [0.25, 0.3) is 0 Å². The molecule has 2 unspecified atom stereocenters. The Balaban J connectivity index is 3.52. The first-order valence-electron chi connectivity index (χ1n) is 6.50. The highest BCUT2D eigenvalue weighted by Gasteiger charge is 2.22. The predicted molar refractivity (Wildman–Crippen MR) is 77.4 cm³/mol. The van der Waals surface area contributed by atoms with Crippen molar-refractivity contribution >= 4 is 17.7 Å². The third-order valence-corrected chi connectivity index (χ3v) is 3.40. The lowest BCUT2D eigenvalue weighted by molar-refractivity contribution is -0.145. The number of carbonyl (C=O) groups excluding carboxylic acids is 1. The molecule has 0 amide bonds. The Bertz CT molecular complexity index is 217. The Hall–Kier alpha value is -0.300. The van der Waals surface area contributed by atoms with Gasteiger partial charge in [-0.25, -0.2) is 0 Å². The van der Waals surface area contributed by atoms with Crippen LogP contribution in [0.15, 0.2) is 0 Å². The number of hydrogen-bond donors (Lipinski definition) is 3. The van der Waals surface area contributed by atoms with Crippen LogP contribution in [-0.4, -0.2) is 43.2 Å². The highest BCUT2D eigenvalue weighted by Crippen LogP contribution is 2.04. The van der Waals surface area contributed by atoms with E-state index in [1.165, 1.54) is 0 Å². The van der Waals surface area contributed by atoms with Gasteiger partial charge >= 0.3 is 5.97 Å². The van der Waals surface area contributed by atoms with Crippen LogP contribution in [0.4, 0.5) is 0 Å². The van der Waals surface area contributed by atoms with Gasteiger partial charge in [-0.1, -0.05) is 19.3 Å². The molecule has 5 nitrogen and oxygen atoms in total. The number of esters is 1. The average molecular weight is 277 g/mol. The predicted octanol–water partition coefficient (Wildman–Crippen LogP) is 0.456. The molecule has 0 heterocycles. The van der Waals surface area contributed by atoms with E-state index >= 15 is 0 Å². The van der Waals surface area contributed by atoms with Gasteiger partial charge in [-0.2, -0.15) is 11.8 Å². The van der Waals surface area contributed by atoms with E-state index in [2.05, 4.69) is 0 Å². The molecule has 0 aliphatic carbocycles. The van der Waals surface area contributed by atoms with E-state index in [1.807, 2.05) is 6.26 Å². The van der Waals surface area contributed by atoms with Gasteiger partial charge in [0.15, 0.2) is 0 Å². The molecule has 0 aromatic carbocycles. The van der Waals surface area contributed by atoms with Crippen molar-refractivity contribution in [3.63, 3.8) is 0 Å². The van der Waals surface area contributed by atoms with Crippen molar-refractivity contribution in [2.75, 3.05) is 25.2 Å². The van der Waals surface area contributed by atoms with Crippen LogP contribution in [0.1, 0.15) is 32.1 Å². The fraction of sp³-hybridized carbons (Fsp3) is 0.917. The fourth-order valence-corrected chi connectivity index (χ4v) is 2.11. The summed E-state index contributed by atoms with van der Waals surface area (Å²) >= 11 is 1.57. The van der Waals surface area contributed by atoms with Gasteiger partial charge in [0.1, 0.15) is 6.04 Å². The van der Waals surface area contributed by atoms with Gasteiger partial charge in [0.2, 0.25) is 0 Å². The Kier molecular flexibility index (Phi) is 11.6. The maximum atomic E-state index is 11.5. The maximum Gasteiger partial charge on any atom is 0.324 e. The van der Waals surface area contributed by atoms with Gasteiger partial charge in [0.05, 0.1) is 6.61 Å². The summed E-state index contributed by atoms with van der Waals surface area (Å²) in [6, 6.07) is -1.05. The van der Waals surface area contributed by atoms with Crippen molar-refractivity contribution in [1.82, 2.24) is 0 Å². The van der Waals surface area contributed by atoms with Gasteiger partial charge in [0, 0.05) is 11.8 Å². The normalized spacial score (nSPS) is 14.2. The average Bonchev–Trinajstić information content (AvgIpc) is 2.36. The van der Waals surface area contributed by atoms with Crippen molar-refractivity contribution in [3.05, 3.63) is 0 Å². The Morgan fingerprint density at radius 1 is 1.17 bits per heavy atom. The molecule has 0 fully saturated rings. The van der Waals surface area contributed by atoms with E-state index in [0.29, 0.717) is 12.4 Å². The molecule has 0 saturated carbocycles. The molecule has 0 aromatic rings.